The number of aromatic nitrogens is 3. The summed E-state index contributed by atoms with van der Waals surface area (Å²) in [5, 5.41) is 0. The minimum absolute atomic E-state index is 0.0262. The van der Waals surface area contributed by atoms with E-state index >= 15 is 0 Å². The monoisotopic (exact) mass is 818 g/mol. The van der Waals surface area contributed by atoms with E-state index in [1.54, 1.807) is 0 Å². The van der Waals surface area contributed by atoms with Gasteiger partial charge in [0, 0.05) is 3.57 Å². The summed E-state index contributed by atoms with van der Waals surface area (Å²) in [7, 11) is -0.0262. The van der Waals surface area contributed by atoms with Crippen molar-refractivity contribution in [2.75, 3.05) is 0 Å². The van der Waals surface area contributed by atoms with E-state index in [9.17, 15) is 0 Å². The Morgan fingerprint density at radius 1 is 0.447 bits per heavy atom. The number of hydrogen-bond donors (Lipinski definition) is 0. The summed E-state index contributed by atoms with van der Waals surface area (Å²) in [5.74, 6) is -0.986. The van der Waals surface area contributed by atoms with Crippen molar-refractivity contribution in [2.24, 2.45) is 0 Å². The van der Waals surface area contributed by atoms with Crippen LogP contribution in [0.1, 0.15) is 17.5 Å². The van der Waals surface area contributed by atoms with Crippen molar-refractivity contribution in [3.63, 3.8) is 0 Å². The number of alkyl halides is 9. The zero-order chi connectivity index (χ0) is 28.1. The third-order valence-electron chi connectivity index (χ3n) is 4.40. The second-order valence-corrected chi connectivity index (χ2v) is 17.3. The summed E-state index contributed by atoms with van der Waals surface area (Å²) < 4.78 is -4.69. The molecule has 1 aromatic heterocycles. The van der Waals surface area contributed by atoms with Crippen molar-refractivity contribution in [1.82, 2.24) is 15.0 Å². The van der Waals surface area contributed by atoms with E-state index in [1.165, 1.54) is 18.3 Å². The fourth-order valence-corrected chi connectivity index (χ4v) is 6.05. The molecule has 0 atom stereocenters. The molecule has 4 rings (SSSR count). The first-order valence-corrected chi connectivity index (χ1v) is 15.9. The van der Waals surface area contributed by atoms with Gasteiger partial charge in [0.1, 0.15) is 0 Å². The summed E-state index contributed by atoms with van der Waals surface area (Å²) in [6.45, 7) is 0. The molecule has 3 nitrogen and oxygen atoms in total. The molecule has 0 aliphatic carbocycles. The van der Waals surface area contributed by atoms with Gasteiger partial charge in [-0.3, -0.25) is 0 Å². The number of rotatable bonds is 3. The summed E-state index contributed by atoms with van der Waals surface area (Å²) in [4.78, 5) is 15.2. The predicted molar refractivity (Wildman–Crippen MR) is 172 cm³/mol. The van der Waals surface area contributed by atoms with Gasteiger partial charge in [0.15, 0.2) is 32.2 Å². The van der Waals surface area contributed by atoms with Crippen LogP contribution in [0, 0.1) is 3.57 Å². The quantitative estimate of drug-likeness (QED) is 0.117. The average molecular weight is 822 g/mol. The van der Waals surface area contributed by atoms with Gasteiger partial charge in [-0.05, 0) is 71.1 Å². The zero-order valence-corrected chi connectivity index (χ0v) is 28.4. The first-order chi connectivity index (χ1) is 17.7. The van der Waals surface area contributed by atoms with Crippen LogP contribution in [-0.2, 0) is 22.3 Å². The van der Waals surface area contributed by atoms with Crippen molar-refractivity contribution >= 4 is 138 Å². The molecule has 4 aromatic rings. The highest BCUT2D eigenvalue weighted by molar-refractivity contribution is 14.1. The van der Waals surface area contributed by atoms with E-state index < -0.39 is 11.4 Å². The first kappa shape index (κ1) is 32.9. The maximum atomic E-state index is 5.62. The molecule has 0 saturated carbocycles. The van der Waals surface area contributed by atoms with Crippen molar-refractivity contribution in [3.8, 4) is 0 Å². The molecule has 3 aromatic carbocycles. The largest absolute Gasteiger partial charge is 0.250 e. The highest BCUT2D eigenvalue weighted by Gasteiger charge is 2.37. The van der Waals surface area contributed by atoms with E-state index in [0.717, 1.165) is 0 Å². The minimum atomic E-state index is -1.99. The molecule has 0 saturated heterocycles. The molecule has 200 valence electrons. The maximum absolute atomic E-state index is 5.62. The Hall–Kier alpha value is 0.360. The third kappa shape index (κ3) is 9.73. The van der Waals surface area contributed by atoms with Crippen LogP contribution in [0.5, 0.6) is 0 Å². The molecule has 14 heteroatoms. The minimum Gasteiger partial charge on any atom is -0.209 e. The molecule has 0 aliphatic heterocycles. The molecule has 0 bridgehead atoms. The van der Waals surface area contributed by atoms with E-state index in [4.69, 9.17) is 104 Å². The number of benzene rings is 3. The molecular weight excluding hydrogens is 808 g/mol. The molecule has 0 fully saturated rings. The fraction of sp³-hybridized carbons (Fsp3) is 0.125. The third-order valence-corrected chi connectivity index (χ3v) is 8.87. The van der Waals surface area contributed by atoms with Crippen LogP contribution in [0.25, 0.3) is 0 Å². The lowest BCUT2D eigenvalue weighted by Crippen LogP contribution is -2.21. The second kappa shape index (κ2) is 14.0. The number of nitrogens with zero attached hydrogens (tertiary/aromatic N) is 3. The fourth-order valence-electron chi connectivity index (χ4n) is 2.85. The molecule has 38 heavy (non-hydrogen) atoms. The van der Waals surface area contributed by atoms with Gasteiger partial charge in [-0.1, -0.05) is 141 Å². The molecule has 0 unspecified atom stereocenters. The topological polar surface area (TPSA) is 38.7 Å². The van der Waals surface area contributed by atoms with Crippen LogP contribution in [0.3, 0.4) is 0 Å². The summed E-state index contributed by atoms with van der Waals surface area (Å²) in [6.07, 6.45) is 0. The van der Waals surface area contributed by atoms with E-state index in [0.29, 0.717) is 0 Å². The standard InChI is InChI=1S/C18H14IS.C6Cl9N3/c19-15-11-13-18(14-12-15)20(16-7-3-1-4-8-16)17-9-5-2-6-10-17;7-4(8,9)1-16-2(5(10,11)12)18-3(17-1)6(13,14)15/h1-14H;/q+1;. The molecule has 0 spiro atoms. The van der Waals surface area contributed by atoms with Crippen LogP contribution in [0.15, 0.2) is 99.6 Å². The zero-order valence-electron chi connectivity index (χ0n) is 18.6. The lowest BCUT2D eigenvalue weighted by atomic mass is 10.4. The van der Waals surface area contributed by atoms with Crippen LogP contribution in [0.4, 0.5) is 0 Å². The molecule has 0 amide bonds. The second-order valence-electron chi connectivity index (χ2n) is 7.19. The SMILES string of the molecule is ClC(Cl)(Cl)c1nc(C(Cl)(Cl)Cl)nc(C(Cl)(Cl)Cl)n1.Ic1ccc([S+](c2ccccc2)c2ccccc2)cc1. The van der Waals surface area contributed by atoms with E-state index in [1.807, 2.05) is 0 Å². The summed E-state index contributed by atoms with van der Waals surface area (Å²) in [6, 6.07) is 30.3. The normalized spacial score (nSPS) is 12.2. The Kier molecular flexibility index (Phi) is 12.1. The molecule has 0 radical (unpaired) electrons. The lowest BCUT2D eigenvalue weighted by Gasteiger charge is -2.17. The smallest absolute Gasteiger partial charge is 0.209 e. The predicted octanol–water partition coefficient (Wildman–Crippen LogP) is 10.7. The van der Waals surface area contributed by atoms with Crippen LogP contribution >= 0.6 is 127 Å². The van der Waals surface area contributed by atoms with Crippen LogP contribution in [-0.4, -0.2) is 15.0 Å². The first-order valence-electron chi connectivity index (χ1n) is 10.2. The van der Waals surface area contributed by atoms with Gasteiger partial charge >= 0.3 is 0 Å². The van der Waals surface area contributed by atoms with Crippen LogP contribution < -0.4 is 0 Å². The van der Waals surface area contributed by atoms with Crippen molar-refractivity contribution in [1.29, 1.82) is 0 Å². The molecular formula is C24H14Cl9IN3S+. The Bertz CT molecular complexity index is 1210. The Balaban J connectivity index is 0.000000212. The molecule has 0 aliphatic rings. The summed E-state index contributed by atoms with van der Waals surface area (Å²) in [5.41, 5.74) is 0. The Labute approximate surface area is 281 Å². The highest BCUT2D eigenvalue weighted by Crippen LogP contribution is 2.43. The van der Waals surface area contributed by atoms with Crippen molar-refractivity contribution in [3.05, 3.63) is 106 Å². The van der Waals surface area contributed by atoms with Gasteiger partial charge in [0.25, 0.3) is 0 Å². The van der Waals surface area contributed by atoms with Gasteiger partial charge in [-0.2, -0.15) is 0 Å². The van der Waals surface area contributed by atoms with Gasteiger partial charge in [-0.25, -0.2) is 15.0 Å². The van der Waals surface area contributed by atoms with Gasteiger partial charge in [-0.15, -0.1) is 0 Å². The highest BCUT2D eigenvalue weighted by atomic mass is 127. The summed E-state index contributed by atoms with van der Waals surface area (Å²) >= 11 is 53.0. The van der Waals surface area contributed by atoms with Gasteiger partial charge in [0.2, 0.25) is 11.4 Å². The van der Waals surface area contributed by atoms with Gasteiger partial charge in [0.05, 0.1) is 10.9 Å². The Morgan fingerprint density at radius 2 is 0.737 bits per heavy atom. The molecule has 1 heterocycles. The number of halogens is 10. The van der Waals surface area contributed by atoms with Crippen LogP contribution in [0.2, 0.25) is 0 Å². The average Bonchev–Trinajstić information content (AvgIpc) is 2.85. The van der Waals surface area contributed by atoms with E-state index in [-0.39, 0.29) is 28.4 Å². The van der Waals surface area contributed by atoms with E-state index in [2.05, 4.69) is 122 Å². The Morgan fingerprint density at radius 3 is 1.03 bits per heavy atom. The maximum Gasteiger partial charge on any atom is 0.250 e. The molecule has 0 N–H and O–H groups in total. The van der Waals surface area contributed by atoms with Crippen molar-refractivity contribution < 1.29 is 0 Å². The number of hydrogen-bond acceptors (Lipinski definition) is 3. The van der Waals surface area contributed by atoms with Gasteiger partial charge < -0.3 is 0 Å². The van der Waals surface area contributed by atoms with Crippen molar-refractivity contribution in [2.45, 2.75) is 26.1 Å². The lowest BCUT2D eigenvalue weighted by molar-refractivity contribution is 0.789.